The molecule has 1 aliphatic carbocycles. The number of rotatable bonds is 5. The third-order valence-corrected chi connectivity index (χ3v) is 6.63. The molecule has 1 fully saturated rings. The van der Waals surface area contributed by atoms with Gasteiger partial charge >= 0.3 is 0 Å². The van der Waals surface area contributed by atoms with Crippen LogP contribution in [-0.2, 0) is 10.0 Å². The summed E-state index contributed by atoms with van der Waals surface area (Å²) in [4.78, 5) is 0.00523. The van der Waals surface area contributed by atoms with Crippen molar-refractivity contribution in [2.75, 3.05) is 18.5 Å². The third-order valence-electron chi connectivity index (χ3n) is 3.81. The molecule has 0 heterocycles. The maximum Gasteiger partial charge on any atom is 0.240 e. The normalized spacial score (nSPS) is 18.3. The van der Waals surface area contributed by atoms with Crippen molar-refractivity contribution in [2.45, 2.75) is 35.3 Å². The maximum atomic E-state index is 13.1. The molecule has 0 radical (unpaired) electrons. The Morgan fingerprint density at radius 2 is 2.05 bits per heavy atom. The van der Waals surface area contributed by atoms with Crippen molar-refractivity contribution in [1.29, 1.82) is 0 Å². The van der Waals surface area contributed by atoms with E-state index in [2.05, 4.69) is 4.72 Å². The number of sulfonamides is 1. The number of anilines is 1. The summed E-state index contributed by atoms with van der Waals surface area (Å²) in [5, 5.41) is 0. The molecule has 0 saturated heterocycles. The molecular formula is C13H19FN2O2S2. The smallest absolute Gasteiger partial charge is 0.240 e. The Hall–Kier alpha value is -0.790. The number of nitrogen functional groups attached to an aromatic ring is 1. The number of nitrogens with two attached hydrogens (primary N) is 1. The molecule has 1 aliphatic rings. The molecule has 7 heteroatoms. The zero-order valence-electron chi connectivity index (χ0n) is 11.4. The Bertz CT molecular complexity index is 584. The lowest BCUT2D eigenvalue weighted by atomic mass is 10.1. The lowest BCUT2D eigenvalue weighted by Crippen LogP contribution is -2.38. The van der Waals surface area contributed by atoms with Crippen LogP contribution in [0.4, 0.5) is 10.1 Å². The standard InChI is InChI=1S/C13H19FN2O2S2/c1-19-13(6-2-3-7-13)9-16-20(17,18)10-4-5-11(14)12(15)8-10/h4-5,8,16H,2-3,6-7,9,15H2,1H3. The summed E-state index contributed by atoms with van der Waals surface area (Å²) >= 11 is 1.71. The van der Waals surface area contributed by atoms with E-state index in [4.69, 9.17) is 5.73 Å². The first-order chi connectivity index (χ1) is 9.38. The van der Waals surface area contributed by atoms with Crippen LogP contribution in [0.25, 0.3) is 0 Å². The predicted octanol–water partition coefficient (Wildman–Crippen LogP) is 2.36. The van der Waals surface area contributed by atoms with Crippen LogP contribution in [-0.4, -0.2) is 26.0 Å². The monoisotopic (exact) mass is 318 g/mol. The molecule has 0 amide bonds. The fourth-order valence-electron chi connectivity index (χ4n) is 2.47. The van der Waals surface area contributed by atoms with Gasteiger partial charge in [0, 0.05) is 11.3 Å². The average Bonchev–Trinajstić information content (AvgIpc) is 2.89. The lowest BCUT2D eigenvalue weighted by Gasteiger charge is -2.26. The Kier molecular flexibility index (Phi) is 4.61. The van der Waals surface area contributed by atoms with Gasteiger partial charge < -0.3 is 5.73 Å². The van der Waals surface area contributed by atoms with E-state index < -0.39 is 15.8 Å². The molecule has 1 saturated carbocycles. The zero-order chi connectivity index (χ0) is 14.8. The minimum atomic E-state index is -3.65. The van der Waals surface area contributed by atoms with Gasteiger partial charge in [-0.1, -0.05) is 12.8 Å². The summed E-state index contributed by atoms with van der Waals surface area (Å²) in [6, 6.07) is 3.45. The van der Waals surface area contributed by atoms with E-state index in [1.165, 1.54) is 6.07 Å². The van der Waals surface area contributed by atoms with Crippen molar-refractivity contribution in [3.63, 3.8) is 0 Å². The first-order valence-corrected chi connectivity index (χ1v) is 9.19. The fraction of sp³-hybridized carbons (Fsp3) is 0.538. The summed E-state index contributed by atoms with van der Waals surface area (Å²) < 4.78 is 40.1. The molecule has 0 spiro atoms. The van der Waals surface area contributed by atoms with Gasteiger partial charge in [0.25, 0.3) is 0 Å². The highest BCUT2D eigenvalue weighted by Crippen LogP contribution is 2.39. The summed E-state index contributed by atoms with van der Waals surface area (Å²) in [5.74, 6) is -0.611. The van der Waals surface area contributed by atoms with Gasteiger partial charge in [-0.05, 0) is 37.3 Å². The second-order valence-corrected chi connectivity index (χ2v) is 8.14. The number of nitrogens with one attached hydrogen (secondary N) is 1. The van der Waals surface area contributed by atoms with Crippen molar-refractivity contribution in [2.24, 2.45) is 0 Å². The largest absolute Gasteiger partial charge is 0.396 e. The van der Waals surface area contributed by atoms with E-state index in [1.807, 2.05) is 6.26 Å². The summed E-state index contributed by atoms with van der Waals surface area (Å²) in [6.45, 7) is 0.397. The van der Waals surface area contributed by atoms with Crippen molar-refractivity contribution >= 4 is 27.5 Å². The van der Waals surface area contributed by atoms with Crippen LogP contribution >= 0.6 is 11.8 Å². The molecule has 20 heavy (non-hydrogen) atoms. The van der Waals surface area contributed by atoms with Crippen LogP contribution in [0.5, 0.6) is 0 Å². The maximum absolute atomic E-state index is 13.1. The minimum absolute atomic E-state index is 0.00523. The summed E-state index contributed by atoms with van der Waals surface area (Å²) in [7, 11) is -3.65. The molecule has 0 bridgehead atoms. The number of thioether (sulfide) groups is 1. The Morgan fingerprint density at radius 1 is 1.40 bits per heavy atom. The highest BCUT2D eigenvalue weighted by atomic mass is 32.2. The van der Waals surface area contributed by atoms with E-state index >= 15 is 0 Å². The van der Waals surface area contributed by atoms with Gasteiger partial charge in [0.15, 0.2) is 0 Å². The molecular weight excluding hydrogens is 299 g/mol. The quantitative estimate of drug-likeness (QED) is 0.818. The van der Waals surface area contributed by atoms with Crippen molar-refractivity contribution < 1.29 is 12.8 Å². The van der Waals surface area contributed by atoms with Crippen LogP contribution < -0.4 is 10.5 Å². The number of benzene rings is 1. The van der Waals surface area contributed by atoms with Crippen LogP contribution in [0, 0.1) is 5.82 Å². The Morgan fingerprint density at radius 3 is 2.60 bits per heavy atom. The van der Waals surface area contributed by atoms with Crippen molar-refractivity contribution in [3.8, 4) is 0 Å². The topological polar surface area (TPSA) is 72.2 Å². The zero-order valence-corrected chi connectivity index (χ0v) is 13.0. The minimum Gasteiger partial charge on any atom is -0.396 e. The highest BCUT2D eigenvalue weighted by molar-refractivity contribution is 8.00. The predicted molar refractivity (Wildman–Crippen MR) is 80.7 cm³/mol. The van der Waals surface area contributed by atoms with Gasteiger partial charge in [-0.25, -0.2) is 17.5 Å². The number of hydrogen-bond acceptors (Lipinski definition) is 4. The first-order valence-electron chi connectivity index (χ1n) is 6.48. The van der Waals surface area contributed by atoms with Crippen LogP contribution in [0.2, 0.25) is 0 Å². The molecule has 112 valence electrons. The van der Waals surface area contributed by atoms with E-state index in [1.54, 1.807) is 11.8 Å². The molecule has 1 aromatic rings. The summed E-state index contributed by atoms with van der Waals surface area (Å²) in [6.07, 6.45) is 6.30. The molecule has 0 atom stereocenters. The Balaban J connectivity index is 2.13. The fourth-order valence-corrected chi connectivity index (χ4v) is 4.64. The van der Waals surface area contributed by atoms with Crippen LogP contribution in [0.15, 0.2) is 23.1 Å². The van der Waals surface area contributed by atoms with Crippen LogP contribution in [0.1, 0.15) is 25.7 Å². The number of halogens is 1. The lowest BCUT2D eigenvalue weighted by molar-refractivity contribution is 0.551. The van der Waals surface area contributed by atoms with Gasteiger partial charge in [-0.3, -0.25) is 0 Å². The van der Waals surface area contributed by atoms with Gasteiger partial charge in [0.05, 0.1) is 10.6 Å². The second-order valence-electron chi connectivity index (χ2n) is 5.10. The van der Waals surface area contributed by atoms with Gasteiger partial charge in [0.1, 0.15) is 5.82 Å². The van der Waals surface area contributed by atoms with Gasteiger partial charge in [0.2, 0.25) is 10.0 Å². The van der Waals surface area contributed by atoms with Gasteiger partial charge in [-0.15, -0.1) is 0 Å². The molecule has 4 nitrogen and oxygen atoms in total. The highest BCUT2D eigenvalue weighted by Gasteiger charge is 2.34. The van der Waals surface area contributed by atoms with E-state index in [9.17, 15) is 12.8 Å². The third kappa shape index (κ3) is 3.27. The van der Waals surface area contributed by atoms with E-state index in [-0.39, 0.29) is 15.3 Å². The molecule has 3 N–H and O–H groups in total. The average molecular weight is 318 g/mol. The first kappa shape index (κ1) is 15.6. The molecule has 0 aliphatic heterocycles. The van der Waals surface area contributed by atoms with Gasteiger partial charge in [-0.2, -0.15) is 11.8 Å². The van der Waals surface area contributed by atoms with E-state index in [0.717, 1.165) is 37.8 Å². The van der Waals surface area contributed by atoms with Crippen LogP contribution in [0.3, 0.4) is 0 Å². The Labute approximate surface area is 123 Å². The SMILES string of the molecule is CSC1(CNS(=O)(=O)c2ccc(F)c(N)c2)CCCC1. The molecule has 2 rings (SSSR count). The second kappa shape index (κ2) is 5.91. The van der Waals surface area contributed by atoms with Crippen molar-refractivity contribution in [1.82, 2.24) is 4.72 Å². The van der Waals surface area contributed by atoms with E-state index in [0.29, 0.717) is 6.54 Å². The number of hydrogen-bond donors (Lipinski definition) is 2. The van der Waals surface area contributed by atoms with Crippen molar-refractivity contribution in [3.05, 3.63) is 24.0 Å². The summed E-state index contributed by atoms with van der Waals surface area (Å²) in [5.41, 5.74) is 5.26. The molecule has 0 aromatic heterocycles. The molecule has 1 aromatic carbocycles. The molecule has 0 unspecified atom stereocenters.